The number of nitrogen functional groups attached to an aromatic ring is 1. The Hall–Kier alpha value is -2.48. The van der Waals surface area contributed by atoms with Gasteiger partial charge in [0.05, 0.1) is 0 Å². The van der Waals surface area contributed by atoms with Gasteiger partial charge in [0, 0.05) is 18.8 Å². The predicted molar refractivity (Wildman–Crippen MR) is 65.1 cm³/mol. The molecule has 0 aliphatic carbocycles. The van der Waals surface area contributed by atoms with Crippen molar-refractivity contribution in [1.29, 1.82) is 0 Å². The number of anilines is 1. The fraction of sp³-hybridized carbons (Fsp3) is 0.200. The molecule has 0 saturated carbocycles. The molecule has 2 rings (SSSR count). The molecule has 0 bridgehead atoms. The summed E-state index contributed by atoms with van der Waals surface area (Å²) in [4.78, 5) is 19.5. The zero-order valence-corrected chi connectivity index (χ0v) is 10.0. The summed E-state index contributed by atoms with van der Waals surface area (Å²) in [6.45, 7) is 1.81. The van der Waals surface area contributed by atoms with E-state index in [9.17, 15) is 4.79 Å². The quantitative estimate of drug-likeness (QED) is 0.503. The smallest absolute Gasteiger partial charge is 0.271 e. The van der Waals surface area contributed by atoms with Gasteiger partial charge < -0.3 is 10.7 Å². The lowest BCUT2D eigenvalue weighted by molar-refractivity contribution is 0.0957. The Bertz CT molecular complexity index is 577. The van der Waals surface area contributed by atoms with Gasteiger partial charge in [-0.3, -0.25) is 4.79 Å². The second-order valence-corrected chi connectivity index (χ2v) is 3.54. The summed E-state index contributed by atoms with van der Waals surface area (Å²) in [5.41, 5.74) is 3.53. The first-order chi connectivity index (χ1) is 8.67. The Labute approximate surface area is 103 Å². The summed E-state index contributed by atoms with van der Waals surface area (Å²) in [5.74, 6) is 6.16. The van der Waals surface area contributed by atoms with Crippen LogP contribution in [0.3, 0.4) is 0 Å². The molecule has 0 spiro atoms. The van der Waals surface area contributed by atoms with E-state index in [4.69, 9.17) is 5.84 Å². The molecule has 94 valence electrons. The third-order valence-electron chi connectivity index (χ3n) is 2.46. The van der Waals surface area contributed by atoms with E-state index in [1.807, 2.05) is 6.92 Å². The average Bonchev–Trinajstić information content (AvgIpc) is 2.87. The Morgan fingerprint density at radius 1 is 1.44 bits per heavy atom. The fourth-order valence-corrected chi connectivity index (χ4v) is 1.51. The van der Waals surface area contributed by atoms with Crippen LogP contribution >= 0.6 is 0 Å². The average molecular weight is 247 g/mol. The van der Waals surface area contributed by atoms with Crippen molar-refractivity contribution in [3.63, 3.8) is 0 Å². The molecule has 2 aromatic rings. The summed E-state index contributed by atoms with van der Waals surface area (Å²) in [6, 6.07) is 1.61. The minimum absolute atomic E-state index is 0.252. The number of carbonyl (C=O) groups is 1. The van der Waals surface area contributed by atoms with Gasteiger partial charge in [-0.05, 0) is 13.0 Å². The third-order valence-corrected chi connectivity index (χ3v) is 2.46. The van der Waals surface area contributed by atoms with Gasteiger partial charge in [-0.2, -0.15) is 5.10 Å². The molecule has 2 aromatic heterocycles. The lowest BCUT2D eigenvalue weighted by Crippen LogP contribution is -2.19. The minimum Gasteiger partial charge on any atom is -0.354 e. The number of hydrazine groups is 1. The van der Waals surface area contributed by atoms with Crippen molar-refractivity contribution in [3.05, 3.63) is 29.8 Å². The maximum atomic E-state index is 11.4. The summed E-state index contributed by atoms with van der Waals surface area (Å²) in [5, 5.41) is 6.64. The fourth-order valence-electron chi connectivity index (χ4n) is 1.51. The van der Waals surface area contributed by atoms with Crippen molar-refractivity contribution in [2.75, 3.05) is 12.5 Å². The molecule has 8 heteroatoms. The van der Waals surface area contributed by atoms with Crippen LogP contribution in [0.25, 0.3) is 5.82 Å². The van der Waals surface area contributed by atoms with Gasteiger partial charge in [-0.1, -0.05) is 0 Å². The van der Waals surface area contributed by atoms with Gasteiger partial charge in [0.25, 0.3) is 5.91 Å². The number of hydrogen-bond donors (Lipinski definition) is 3. The van der Waals surface area contributed by atoms with Gasteiger partial charge in [0.15, 0.2) is 11.5 Å². The van der Waals surface area contributed by atoms with Gasteiger partial charge in [0.1, 0.15) is 12.1 Å². The van der Waals surface area contributed by atoms with Crippen molar-refractivity contribution < 1.29 is 4.79 Å². The predicted octanol–water partition coefficient (Wildman–Crippen LogP) is -0.384. The van der Waals surface area contributed by atoms with Crippen molar-refractivity contribution in [2.24, 2.45) is 5.84 Å². The highest BCUT2D eigenvalue weighted by atomic mass is 16.1. The molecule has 0 aliphatic heterocycles. The van der Waals surface area contributed by atoms with Crippen molar-refractivity contribution in [3.8, 4) is 5.82 Å². The highest BCUT2D eigenvalue weighted by Gasteiger charge is 2.12. The molecular weight excluding hydrogens is 234 g/mol. The highest BCUT2D eigenvalue weighted by molar-refractivity contribution is 5.91. The maximum absolute atomic E-state index is 11.4. The Morgan fingerprint density at radius 2 is 2.22 bits per heavy atom. The molecule has 18 heavy (non-hydrogen) atoms. The van der Waals surface area contributed by atoms with Crippen LogP contribution < -0.4 is 16.6 Å². The van der Waals surface area contributed by atoms with E-state index in [-0.39, 0.29) is 5.91 Å². The van der Waals surface area contributed by atoms with E-state index in [1.54, 1.807) is 19.3 Å². The number of carbonyl (C=O) groups excluding carboxylic acids is 1. The molecular formula is C10H13N7O. The summed E-state index contributed by atoms with van der Waals surface area (Å²) < 4.78 is 1.50. The number of nitrogens with one attached hydrogen (secondary N) is 2. The monoisotopic (exact) mass is 247 g/mol. The first-order valence-corrected chi connectivity index (χ1v) is 5.23. The van der Waals surface area contributed by atoms with E-state index in [0.717, 1.165) is 5.56 Å². The van der Waals surface area contributed by atoms with Crippen LogP contribution in [0.1, 0.15) is 16.1 Å². The van der Waals surface area contributed by atoms with Crippen LogP contribution in [0.2, 0.25) is 0 Å². The first-order valence-electron chi connectivity index (χ1n) is 5.23. The number of hydrogen-bond acceptors (Lipinski definition) is 6. The largest absolute Gasteiger partial charge is 0.354 e. The number of nitrogens with two attached hydrogens (primary N) is 1. The minimum atomic E-state index is -0.252. The second kappa shape index (κ2) is 4.80. The lowest BCUT2D eigenvalue weighted by Gasteiger charge is -2.07. The zero-order valence-electron chi connectivity index (χ0n) is 10.0. The van der Waals surface area contributed by atoms with E-state index in [1.165, 1.54) is 11.0 Å². The first kappa shape index (κ1) is 12.0. The van der Waals surface area contributed by atoms with Gasteiger partial charge in [-0.25, -0.2) is 20.5 Å². The van der Waals surface area contributed by atoms with E-state index >= 15 is 0 Å². The molecule has 0 saturated heterocycles. The zero-order chi connectivity index (χ0) is 13.1. The number of nitrogens with zero attached hydrogens (tertiary/aromatic N) is 4. The Morgan fingerprint density at radius 3 is 2.89 bits per heavy atom. The number of rotatable bonds is 3. The molecule has 2 heterocycles. The van der Waals surface area contributed by atoms with Gasteiger partial charge in [-0.15, -0.1) is 0 Å². The molecule has 0 fully saturated rings. The second-order valence-electron chi connectivity index (χ2n) is 3.54. The van der Waals surface area contributed by atoms with Gasteiger partial charge in [0.2, 0.25) is 0 Å². The van der Waals surface area contributed by atoms with Crippen LogP contribution in [0, 0.1) is 6.92 Å². The topological polar surface area (TPSA) is 111 Å². The molecule has 0 aromatic carbocycles. The van der Waals surface area contributed by atoms with E-state index < -0.39 is 0 Å². The van der Waals surface area contributed by atoms with Crippen molar-refractivity contribution in [2.45, 2.75) is 6.92 Å². The Balaban J connectivity index is 2.43. The van der Waals surface area contributed by atoms with E-state index in [0.29, 0.717) is 17.3 Å². The van der Waals surface area contributed by atoms with Crippen molar-refractivity contribution >= 4 is 11.7 Å². The van der Waals surface area contributed by atoms with Crippen LogP contribution in [-0.2, 0) is 0 Å². The number of aromatic nitrogens is 4. The molecule has 1 amide bonds. The molecule has 0 radical (unpaired) electrons. The molecule has 0 atom stereocenters. The lowest BCUT2D eigenvalue weighted by atomic mass is 10.3. The van der Waals surface area contributed by atoms with Crippen LogP contribution in [0.4, 0.5) is 5.82 Å². The molecule has 0 aliphatic rings. The third kappa shape index (κ3) is 2.00. The van der Waals surface area contributed by atoms with Gasteiger partial charge >= 0.3 is 0 Å². The Kier molecular flexibility index (Phi) is 3.20. The summed E-state index contributed by atoms with van der Waals surface area (Å²) in [7, 11) is 1.55. The van der Waals surface area contributed by atoms with Crippen molar-refractivity contribution in [1.82, 2.24) is 25.1 Å². The normalized spacial score (nSPS) is 10.2. The molecule has 4 N–H and O–H groups in total. The van der Waals surface area contributed by atoms with Crippen LogP contribution in [-0.4, -0.2) is 32.7 Å². The highest BCUT2D eigenvalue weighted by Crippen LogP contribution is 2.16. The summed E-state index contributed by atoms with van der Waals surface area (Å²) >= 11 is 0. The SMILES string of the molecule is CNC(=O)c1ccn(-c2ncnc(NN)c2C)n1. The number of amides is 1. The molecule has 8 nitrogen and oxygen atoms in total. The molecule has 0 unspecified atom stereocenters. The van der Waals surface area contributed by atoms with Crippen LogP contribution in [0.5, 0.6) is 0 Å². The van der Waals surface area contributed by atoms with Crippen LogP contribution in [0.15, 0.2) is 18.6 Å². The maximum Gasteiger partial charge on any atom is 0.271 e. The summed E-state index contributed by atoms with van der Waals surface area (Å²) in [6.07, 6.45) is 3.03. The van der Waals surface area contributed by atoms with E-state index in [2.05, 4.69) is 25.8 Å². The standard InChI is InChI=1S/C10H13N7O/c1-6-8(15-11)13-5-14-9(6)17-4-3-7(16-17)10(18)12-2/h3-5H,11H2,1-2H3,(H,12,18)(H,13,14,15).